The molecule has 1 fully saturated rings. The van der Waals surface area contributed by atoms with Crippen molar-refractivity contribution in [2.24, 2.45) is 5.92 Å². The predicted molar refractivity (Wildman–Crippen MR) is 117 cm³/mol. The van der Waals surface area contributed by atoms with Gasteiger partial charge in [-0.05, 0) is 42.3 Å². The minimum atomic E-state index is -2.73. The molecule has 0 bridgehead atoms. The maximum absolute atomic E-state index is 13.3. The molecule has 0 aliphatic carbocycles. The molecule has 2 N–H and O–H groups in total. The average Bonchev–Trinajstić information content (AvgIpc) is 2.80. The zero-order valence-electron chi connectivity index (χ0n) is 17.4. The standard InChI is InChI=1S/C22H31F2N3OS/c1-4-22(23,24)29-8-7-26-21(28)20-10-19-14-27(13-17-11-25-12-17)16(3)5-6-18(19)9-15(20)2/h6,9-10,14,16-17,25H,4-5,7-8,11-13H2,1-3H3,(H,26,28). The van der Waals surface area contributed by atoms with Crippen molar-refractivity contribution in [1.29, 1.82) is 0 Å². The summed E-state index contributed by atoms with van der Waals surface area (Å²) in [5.41, 5.74) is 1.52. The van der Waals surface area contributed by atoms with Crippen molar-refractivity contribution in [2.45, 2.75) is 44.9 Å². The molecule has 29 heavy (non-hydrogen) atoms. The maximum atomic E-state index is 13.3. The Bertz CT molecular complexity index is 854. The number of aryl methyl sites for hydroxylation is 1. The molecule has 1 aromatic carbocycles. The zero-order chi connectivity index (χ0) is 21.0. The number of benzene rings is 1. The van der Waals surface area contributed by atoms with Crippen LogP contribution in [0.25, 0.3) is 12.3 Å². The Hall–Kier alpha value is -1.60. The summed E-state index contributed by atoms with van der Waals surface area (Å²) in [4.78, 5) is 15.0. The van der Waals surface area contributed by atoms with E-state index in [0.717, 1.165) is 42.1 Å². The highest BCUT2D eigenvalue weighted by Gasteiger charge is 2.26. The van der Waals surface area contributed by atoms with Crippen LogP contribution in [-0.2, 0) is 0 Å². The van der Waals surface area contributed by atoms with Gasteiger partial charge in [0.15, 0.2) is 0 Å². The monoisotopic (exact) mass is 423 g/mol. The van der Waals surface area contributed by atoms with Crippen LogP contribution in [0.4, 0.5) is 8.78 Å². The highest BCUT2D eigenvalue weighted by Crippen LogP contribution is 2.31. The molecule has 1 atom stereocenters. The Morgan fingerprint density at radius 2 is 2.10 bits per heavy atom. The van der Waals surface area contributed by atoms with Crippen LogP contribution >= 0.6 is 11.8 Å². The number of hydrogen-bond acceptors (Lipinski definition) is 4. The summed E-state index contributed by atoms with van der Waals surface area (Å²) < 4.78 is 26.6. The van der Waals surface area contributed by atoms with E-state index in [1.807, 2.05) is 13.0 Å². The van der Waals surface area contributed by atoms with Crippen molar-refractivity contribution in [1.82, 2.24) is 15.5 Å². The molecule has 1 unspecified atom stereocenters. The lowest BCUT2D eigenvalue weighted by atomic mass is 10.0. The second-order valence-corrected chi connectivity index (χ2v) is 9.32. The highest BCUT2D eigenvalue weighted by molar-refractivity contribution is 8.00. The first-order valence-electron chi connectivity index (χ1n) is 10.4. The zero-order valence-corrected chi connectivity index (χ0v) is 18.2. The van der Waals surface area contributed by atoms with Crippen molar-refractivity contribution in [2.75, 3.05) is 31.9 Å². The van der Waals surface area contributed by atoms with E-state index in [9.17, 15) is 13.6 Å². The smallest absolute Gasteiger partial charge is 0.293 e. The number of carbonyl (C=O) groups is 1. The van der Waals surface area contributed by atoms with Crippen LogP contribution < -0.4 is 21.1 Å². The normalized spacial score (nSPS) is 19.5. The SMILES string of the molecule is CCC(F)(F)SCCNC(=O)c1cc2c(cc1C)=CCC(C)N(CC1CNC1)C=2. The first-order valence-corrected chi connectivity index (χ1v) is 11.4. The van der Waals surface area contributed by atoms with Gasteiger partial charge in [-0.25, -0.2) is 0 Å². The van der Waals surface area contributed by atoms with Crippen molar-refractivity contribution in [3.05, 3.63) is 33.7 Å². The molecule has 2 aliphatic rings. The fraction of sp³-hybridized carbons (Fsp3) is 0.591. The molecule has 0 spiro atoms. The van der Waals surface area contributed by atoms with Gasteiger partial charge in [0, 0.05) is 62.1 Å². The predicted octanol–water partition coefficient (Wildman–Crippen LogP) is 2.29. The molecule has 7 heteroatoms. The highest BCUT2D eigenvalue weighted by atomic mass is 32.2. The number of nitrogens with zero attached hydrogens (tertiary/aromatic N) is 1. The molecule has 0 aromatic heterocycles. The van der Waals surface area contributed by atoms with E-state index in [0.29, 0.717) is 29.3 Å². The molecule has 2 aliphatic heterocycles. The first kappa shape index (κ1) is 22.1. The number of fused-ring (bicyclic) bond motifs is 1. The molecule has 0 radical (unpaired) electrons. The molecule has 1 amide bonds. The van der Waals surface area contributed by atoms with Gasteiger partial charge in [-0.3, -0.25) is 4.79 Å². The number of thioether (sulfide) groups is 1. The van der Waals surface area contributed by atoms with Gasteiger partial charge in [-0.1, -0.05) is 30.8 Å². The third-order valence-corrected chi connectivity index (χ3v) is 6.79. The fourth-order valence-corrected chi connectivity index (χ4v) is 4.30. The first-order chi connectivity index (χ1) is 13.8. The topological polar surface area (TPSA) is 44.4 Å². The van der Waals surface area contributed by atoms with E-state index in [-0.39, 0.29) is 24.6 Å². The number of rotatable bonds is 8. The van der Waals surface area contributed by atoms with Gasteiger partial charge in [0.05, 0.1) is 0 Å². The van der Waals surface area contributed by atoms with Crippen molar-refractivity contribution in [3.8, 4) is 0 Å². The Morgan fingerprint density at radius 1 is 1.34 bits per heavy atom. The summed E-state index contributed by atoms with van der Waals surface area (Å²) in [6.45, 7) is 8.98. The second kappa shape index (κ2) is 9.47. The summed E-state index contributed by atoms with van der Waals surface area (Å²) in [5.74, 6) is 0.658. The van der Waals surface area contributed by atoms with Crippen LogP contribution in [0.3, 0.4) is 0 Å². The number of alkyl halides is 2. The van der Waals surface area contributed by atoms with Crippen molar-refractivity contribution in [3.63, 3.8) is 0 Å². The van der Waals surface area contributed by atoms with Crippen LogP contribution in [0.5, 0.6) is 0 Å². The summed E-state index contributed by atoms with van der Waals surface area (Å²) >= 11 is 0.588. The summed E-state index contributed by atoms with van der Waals surface area (Å²) in [6, 6.07) is 4.41. The number of carbonyl (C=O) groups excluding carboxylic acids is 1. The second-order valence-electron chi connectivity index (χ2n) is 8.03. The molecule has 0 saturated carbocycles. The number of halogens is 2. The van der Waals surface area contributed by atoms with E-state index in [1.54, 1.807) is 0 Å². The van der Waals surface area contributed by atoms with Gasteiger partial charge in [0.1, 0.15) is 0 Å². The van der Waals surface area contributed by atoms with Crippen molar-refractivity contribution < 1.29 is 13.6 Å². The van der Waals surface area contributed by atoms with E-state index in [1.165, 1.54) is 6.92 Å². The molecule has 160 valence electrons. The Kier molecular flexibility index (Phi) is 7.22. The van der Waals surface area contributed by atoms with Crippen LogP contribution in [-0.4, -0.2) is 54.0 Å². The lowest BCUT2D eigenvalue weighted by Crippen LogP contribution is -2.48. The van der Waals surface area contributed by atoms with Crippen LogP contribution in [0.1, 0.15) is 42.6 Å². The molecule has 3 rings (SSSR count). The Morgan fingerprint density at radius 3 is 2.76 bits per heavy atom. The minimum Gasteiger partial charge on any atom is -0.373 e. The maximum Gasteiger partial charge on any atom is 0.293 e. The lowest BCUT2D eigenvalue weighted by Gasteiger charge is -2.35. The van der Waals surface area contributed by atoms with Crippen LogP contribution in [0.15, 0.2) is 12.1 Å². The lowest BCUT2D eigenvalue weighted by molar-refractivity contribution is 0.0949. The third kappa shape index (κ3) is 5.72. The summed E-state index contributed by atoms with van der Waals surface area (Å²) in [6.07, 6.45) is 5.19. The summed E-state index contributed by atoms with van der Waals surface area (Å²) in [5, 5.41) is 5.58. The Balaban J connectivity index is 1.73. The van der Waals surface area contributed by atoms with Crippen LogP contribution in [0, 0.1) is 12.8 Å². The van der Waals surface area contributed by atoms with Gasteiger partial charge < -0.3 is 15.5 Å². The van der Waals surface area contributed by atoms with E-state index in [2.05, 4.69) is 40.8 Å². The van der Waals surface area contributed by atoms with Crippen LogP contribution in [0.2, 0.25) is 0 Å². The number of amides is 1. The molecule has 4 nitrogen and oxygen atoms in total. The molecular formula is C22H31F2N3OS. The largest absolute Gasteiger partial charge is 0.373 e. The fourth-order valence-electron chi connectivity index (χ4n) is 3.59. The molecule has 1 aromatic rings. The number of hydrogen-bond donors (Lipinski definition) is 2. The molecule has 1 saturated heterocycles. The Labute approximate surface area is 175 Å². The van der Waals surface area contributed by atoms with Gasteiger partial charge in [-0.15, -0.1) is 0 Å². The van der Waals surface area contributed by atoms with Gasteiger partial charge >= 0.3 is 0 Å². The minimum absolute atomic E-state index is 0.192. The third-order valence-electron chi connectivity index (χ3n) is 5.67. The van der Waals surface area contributed by atoms with Crippen molar-refractivity contribution >= 4 is 29.9 Å². The summed E-state index contributed by atoms with van der Waals surface area (Å²) in [7, 11) is 0. The quantitative estimate of drug-likeness (QED) is 0.630. The van der Waals surface area contributed by atoms with Gasteiger partial charge in [0.25, 0.3) is 11.2 Å². The van der Waals surface area contributed by atoms with E-state index >= 15 is 0 Å². The molecule has 2 heterocycles. The number of nitrogens with one attached hydrogen (secondary N) is 2. The van der Waals surface area contributed by atoms with E-state index < -0.39 is 5.25 Å². The van der Waals surface area contributed by atoms with Gasteiger partial charge in [0.2, 0.25) is 0 Å². The van der Waals surface area contributed by atoms with E-state index in [4.69, 9.17) is 0 Å². The molecular weight excluding hydrogens is 392 g/mol. The van der Waals surface area contributed by atoms with Gasteiger partial charge in [-0.2, -0.15) is 8.78 Å². The average molecular weight is 424 g/mol.